The Morgan fingerprint density at radius 2 is 1.92 bits per heavy atom. The van der Waals surface area contributed by atoms with Crippen LogP contribution in [0.3, 0.4) is 0 Å². The minimum Gasteiger partial charge on any atom is -0.497 e. The summed E-state index contributed by atoms with van der Waals surface area (Å²) >= 11 is 0. The molecule has 3 aromatic rings. The van der Waals surface area contributed by atoms with Gasteiger partial charge in [0.05, 0.1) is 17.6 Å². The smallest absolute Gasteiger partial charge is 0.317 e. The molecule has 0 atom stereocenters. The van der Waals surface area contributed by atoms with Crippen LogP contribution < -0.4 is 4.74 Å². The van der Waals surface area contributed by atoms with Crippen LogP contribution in [0, 0.1) is 4.91 Å². The van der Waals surface area contributed by atoms with Crippen molar-refractivity contribution in [3.8, 4) is 5.75 Å². The average Bonchev–Trinajstić information content (AvgIpc) is 3.03. The van der Waals surface area contributed by atoms with Crippen LogP contribution in [-0.2, 0) is 6.42 Å². The molecule has 0 bridgehead atoms. The fourth-order valence-electron chi connectivity index (χ4n) is 2.90. The van der Waals surface area contributed by atoms with Gasteiger partial charge in [-0.1, -0.05) is 13.3 Å². The van der Waals surface area contributed by atoms with Crippen LogP contribution in [0.4, 0.5) is 5.69 Å². The molecule has 0 aliphatic carbocycles. The fraction of sp³-hybridized carbons (Fsp3) is 0.250. The summed E-state index contributed by atoms with van der Waals surface area (Å²) in [4.78, 5) is 24.1. The van der Waals surface area contributed by atoms with Crippen molar-refractivity contribution in [2.75, 3.05) is 7.11 Å². The van der Waals surface area contributed by atoms with Gasteiger partial charge >= 0.3 is 5.69 Å². The van der Waals surface area contributed by atoms with E-state index in [1.807, 2.05) is 0 Å². The molecule has 6 heteroatoms. The molecule has 1 N–H and O–H groups in total. The third kappa shape index (κ3) is 3.31. The summed E-state index contributed by atoms with van der Waals surface area (Å²) in [5.41, 5.74) is 1.49. The van der Waals surface area contributed by atoms with E-state index in [4.69, 9.17) is 9.15 Å². The van der Waals surface area contributed by atoms with Crippen molar-refractivity contribution >= 4 is 22.4 Å². The topological polar surface area (TPSA) is 79.8 Å². The number of unbranched alkanes of at least 4 members (excludes halogenated alkanes) is 1. The maximum atomic E-state index is 13.1. The molecule has 26 heavy (non-hydrogen) atoms. The van der Waals surface area contributed by atoms with Crippen LogP contribution in [0.25, 0.3) is 11.0 Å². The summed E-state index contributed by atoms with van der Waals surface area (Å²) < 4.78 is 11.0. The Morgan fingerprint density at radius 3 is 2.54 bits per heavy atom. The van der Waals surface area contributed by atoms with Gasteiger partial charge in [0, 0.05) is 29.5 Å². The summed E-state index contributed by atoms with van der Waals surface area (Å²) in [6.07, 6.45) is 2.46. The number of hydrogen-bond donors (Lipinski definition) is 1. The second kappa shape index (κ2) is 7.39. The third-order valence-corrected chi connectivity index (χ3v) is 4.30. The predicted molar refractivity (Wildman–Crippen MR) is 96.3 cm³/mol. The molecule has 1 heterocycles. The Bertz CT molecular complexity index is 956. The van der Waals surface area contributed by atoms with Gasteiger partial charge in [0.1, 0.15) is 17.1 Å². The van der Waals surface area contributed by atoms with Gasteiger partial charge in [0.2, 0.25) is 0 Å². The summed E-state index contributed by atoms with van der Waals surface area (Å²) in [5, 5.41) is 9.70. The van der Waals surface area contributed by atoms with E-state index in [2.05, 4.69) is 6.92 Å². The molecule has 0 spiro atoms. The zero-order chi connectivity index (χ0) is 18.7. The molecule has 0 fully saturated rings. The molecule has 0 saturated carbocycles. The number of ketones is 1. The van der Waals surface area contributed by atoms with Crippen molar-refractivity contribution in [3.05, 3.63) is 64.3 Å². The Kier molecular flexibility index (Phi) is 5.02. The normalized spacial score (nSPS) is 10.8. The Balaban J connectivity index is 2.14. The van der Waals surface area contributed by atoms with Crippen LogP contribution in [0.5, 0.6) is 5.75 Å². The molecule has 2 aromatic carbocycles. The van der Waals surface area contributed by atoms with Crippen LogP contribution in [0.15, 0.2) is 46.9 Å². The highest BCUT2D eigenvalue weighted by Gasteiger charge is 2.24. The number of ether oxygens (including phenoxy) is 1. The standard InChI is InChI=1S/C20H20NO5/c1-3-4-5-18-19(20(22)13-6-9-15(25-2)10-7-13)16-12-14(21(23)24)8-11-17(16)26-18/h6-12H,3-5H2,1-2H3,(H,23,24)/q+1. The first-order chi connectivity index (χ1) is 12.5. The fourth-order valence-corrected chi connectivity index (χ4v) is 2.90. The third-order valence-electron chi connectivity index (χ3n) is 4.30. The van der Waals surface area contributed by atoms with Gasteiger partial charge in [-0.3, -0.25) is 4.79 Å². The lowest BCUT2D eigenvalue weighted by Gasteiger charge is -2.04. The first-order valence-electron chi connectivity index (χ1n) is 8.45. The van der Waals surface area contributed by atoms with Gasteiger partial charge < -0.3 is 9.15 Å². The van der Waals surface area contributed by atoms with Crippen molar-refractivity contribution < 1.29 is 24.1 Å². The lowest BCUT2D eigenvalue weighted by atomic mass is 9.98. The van der Waals surface area contributed by atoms with Crippen molar-refractivity contribution in [3.63, 3.8) is 0 Å². The number of aryl methyl sites for hydroxylation is 1. The highest BCUT2D eigenvalue weighted by molar-refractivity contribution is 6.17. The van der Waals surface area contributed by atoms with Crippen LogP contribution in [0.1, 0.15) is 41.4 Å². The van der Waals surface area contributed by atoms with Gasteiger partial charge in [-0.25, -0.2) is 5.21 Å². The molecule has 0 aliphatic rings. The largest absolute Gasteiger partial charge is 0.497 e. The molecule has 134 valence electrons. The monoisotopic (exact) mass is 354 g/mol. The van der Waals surface area contributed by atoms with Crippen molar-refractivity contribution in [2.24, 2.45) is 0 Å². The number of carbonyl (C=O) groups excluding carboxylic acids is 1. The van der Waals surface area contributed by atoms with Crippen molar-refractivity contribution in [2.45, 2.75) is 26.2 Å². The van der Waals surface area contributed by atoms with Crippen molar-refractivity contribution in [1.82, 2.24) is 0 Å². The summed E-state index contributed by atoms with van der Waals surface area (Å²) in [6.45, 7) is 2.06. The first kappa shape index (κ1) is 17.7. The van der Waals surface area contributed by atoms with E-state index < -0.39 is 0 Å². The number of benzene rings is 2. The second-order valence-corrected chi connectivity index (χ2v) is 6.01. The minimum absolute atomic E-state index is 0.0455. The van der Waals surface area contributed by atoms with Gasteiger partial charge in [-0.15, -0.1) is 0 Å². The van der Waals surface area contributed by atoms with Crippen LogP contribution >= 0.6 is 0 Å². The zero-order valence-corrected chi connectivity index (χ0v) is 14.7. The highest BCUT2D eigenvalue weighted by Crippen LogP contribution is 2.32. The van der Waals surface area contributed by atoms with Crippen LogP contribution in [0.2, 0.25) is 0 Å². The van der Waals surface area contributed by atoms with E-state index in [9.17, 15) is 14.9 Å². The van der Waals surface area contributed by atoms with E-state index >= 15 is 0 Å². The highest BCUT2D eigenvalue weighted by atomic mass is 16.6. The molecular weight excluding hydrogens is 334 g/mol. The lowest BCUT2D eigenvalue weighted by Crippen LogP contribution is -2.04. The molecule has 0 saturated heterocycles. The quantitative estimate of drug-likeness (QED) is 0.486. The molecule has 0 amide bonds. The maximum Gasteiger partial charge on any atom is 0.317 e. The molecule has 0 unspecified atom stereocenters. The molecular formula is C20H20NO5+. The summed E-state index contributed by atoms with van der Waals surface area (Å²) in [7, 11) is 1.56. The number of nitrogens with zero attached hydrogens (tertiary/aromatic N) is 1. The zero-order valence-electron chi connectivity index (χ0n) is 14.7. The second-order valence-electron chi connectivity index (χ2n) is 6.01. The van der Waals surface area contributed by atoms with E-state index in [1.165, 1.54) is 12.1 Å². The molecule has 0 radical (unpaired) electrons. The molecule has 1 aromatic heterocycles. The Morgan fingerprint density at radius 1 is 1.19 bits per heavy atom. The van der Waals surface area contributed by atoms with E-state index in [-0.39, 0.29) is 16.4 Å². The van der Waals surface area contributed by atoms with Crippen molar-refractivity contribution in [1.29, 1.82) is 0 Å². The summed E-state index contributed by atoms with van der Waals surface area (Å²) in [5.74, 6) is 1.06. The first-order valence-corrected chi connectivity index (χ1v) is 8.45. The van der Waals surface area contributed by atoms with E-state index in [0.29, 0.717) is 40.0 Å². The number of hydrogen-bond acceptors (Lipinski definition) is 4. The number of furan rings is 1. The maximum absolute atomic E-state index is 13.1. The van der Waals surface area contributed by atoms with Gasteiger partial charge in [-0.2, -0.15) is 0 Å². The van der Waals surface area contributed by atoms with Gasteiger partial charge in [-0.05, 0) is 36.8 Å². The van der Waals surface area contributed by atoms with Crippen LogP contribution in [-0.4, -0.2) is 23.0 Å². The van der Waals surface area contributed by atoms with Gasteiger partial charge in [0.25, 0.3) is 4.92 Å². The predicted octanol–water partition coefficient (Wildman–Crippen LogP) is 4.81. The molecule has 6 nitrogen and oxygen atoms in total. The number of fused-ring (bicyclic) bond motifs is 1. The molecule has 0 aliphatic heterocycles. The SMILES string of the molecule is CCCCc1oc2ccc([N+](=O)O)cc2c1C(=O)c1ccc(OC)cc1. The lowest BCUT2D eigenvalue weighted by molar-refractivity contribution is -0.729. The number of methoxy groups -OCH3 is 1. The number of rotatable bonds is 7. The average molecular weight is 354 g/mol. The molecule has 3 rings (SSSR count). The Hall–Kier alpha value is -3.15. The minimum atomic E-state index is -0.222. The Labute approximate surface area is 150 Å². The number of carbonyl (C=O) groups is 1. The van der Waals surface area contributed by atoms with E-state index in [1.54, 1.807) is 37.4 Å². The summed E-state index contributed by atoms with van der Waals surface area (Å²) in [6, 6.07) is 11.3. The van der Waals surface area contributed by atoms with E-state index in [0.717, 1.165) is 12.8 Å². The van der Waals surface area contributed by atoms with Gasteiger partial charge in [0.15, 0.2) is 5.78 Å².